The lowest BCUT2D eigenvalue weighted by molar-refractivity contribution is 0.667. The first-order valence-corrected chi connectivity index (χ1v) is 3.63. The Kier molecular flexibility index (Phi) is 7.07. The second-order valence-electron chi connectivity index (χ2n) is 2.18. The van der Waals surface area contributed by atoms with Crippen molar-refractivity contribution in [3.8, 4) is 6.07 Å². The van der Waals surface area contributed by atoms with Gasteiger partial charge in [0, 0.05) is 0 Å². The Morgan fingerprint density at radius 1 is 1.33 bits per heavy atom. The van der Waals surface area contributed by atoms with E-state index in [4.69, 9.17) is 5.26 Å². The van der Waals surface area contributed by atoms with Crippen LogP contribution in [0.25, 0.3) is 0 Å². The fraction of sp³-hybridized carbons (Fsp3) is 0.750. The highest BCUT2D eigenvalue weighted by Crippen LogP contribution is 2.02. The first kappa shape index (κ1) is 8.49. The molecule has 1 nitrogen and oxygen atoms in total. The maximum Gasteiger partial charge on any atom is 0.0669 e. The quantitative estimate of drug-likeness (QED) is 0.517. The Morgan fingerprint density at radius 2 is 2.11 bits per heavy atom. The van der Waals surface area contributed by atoms with Gasteiger partial charge >= 0.3 is 0 Å². The molecule has 1 radical (unpaired) electrons. The van der Waals surface area contributed by atoms with E-state index < -0.39 is 0 Å². The standard InChI is InChI=1S/C8H14N/c1-2-3-4-5-6-7-8-9/h7H,2-6H2,1H3. The molecule has 0 fully saturated rings. The summed E-state index contributed by atoms with van der Waals surface area (Å²) < 4.78 is 0. The van der Waals surface area contributed by atoms with Gasteiger partial charge < -0.3 is 0 Å². The van der Waals surface area contributed by atoms with E-state index in [0.717, 1.165) is 6.42 Å². The van der Waals surface area contributed by atoms with Gasteiger partial charge in [0.25, 0.3) is 0 Å². The molecular formula is C8H14N. The van der Waals surface area contributed by atoms with Gasteiger partial charge in [-0.1, -0.05) is 32.6 Å². The molecule has 9 heavy (non-hydrogen) atoms. The van der Waals surface area contributed by atoms with Crippen LogP contribution in [-0.4, -0.2) is 0 Å². The van der Waals surface area contributed by atoms with Crippen molar-refractivity contribution >= 4 is 0 Å². The van der Waals surface area contributed by atoms with Crippen LogP contribution >= 0.6 is 0 Å². The number of nitrogens with zero attached hydrogens (tertiary/aromatic N) is 1. The Labute approximate surface area is 57.7 Å². The van der Waals surface area contributed by atoms with Gasteiger partial charge in [0.2, 0.25) is 0 Å². The molecule has 0 aromatic carbocycles. The SMILES string of the molecule is CCCCCC[CH]C#N. The van der Waals surface area contributed by atoms with Crippen molar-refractivity contribution in [1.29, 1.82) is 5.26 Å². The van der Waals surface area contributed by atoms with Crippen molar-refractivity contribution in [2.75, 3.05) is 0 Å². The number of unbranched alkanes of at least 4 members (excludes halogenated alkanes) is 5. The fourth-order valence-electron chi connectivity index (χ4n) is 0.738. The Balaban J connectivity index is 2.69. The zero-order valence-corrected chi connectivity index (χ0v) is 6.06. The average Bonchev–Trinajstić information content (AvgIpc) is 1.89. The van der Waals surface area contributed by atoms with Gasteiger partial charge in [-0.05, 0) is 6.42 Å². The van der Waals surface area contributed by atoms with Crippen LogP contribution in [0.1, 0.15) is 39.0 Å². The summed E-state index contributed by atoms with van der Waals surface area (Å²) in [7, 11) is 0. The van der Waals surface area contributed by atoms with Crippen molar-refractivity contribution in [2.45, 2.75) is 39.0 Å². The highest BCUT2D eigenvalue weighted by Gasteiger charge is 1.86. The zero-order valence-electron chi connectivity index (χ0n) is 6.06. The molecule has 0 N–H and O–H groups in total. The summed E-state index contributed by atoms with van der Waals surface area (Å²) in [5.41, 5.74) is 0. The van der Waals surface area contributed by atoms with Crippen molar-refractivity contribution in [3.05, 3.63) is 6.42 Å². The molecule has 0 aliphatic heterocycles. The third-order valence-electron chi connectivity index (χ3n) is 1.29. The summed E-state index contributed by atoms with van der Waals surface area (Å²) in [4.78, 5) is 0. The van der Waals surface area contributed by atoms with Crippen molar-refractivity contribution in [2.24, 2.45) is 0 Å². The zero-order chi connectivity index (χ0) is 6.95. The Bertz CT molecular complexity index is 81.1. The molecule has 0 unspecified atom stereocenters. The van der Waals surface area contributed by atoms with Gasteiger partial charge in [-0.25, -0.2) is 0 Å². The Morgan fingerprint density at radius 3 is 2.67 bits per heavy atom. The largest absolute Gasteiger partial charge is 0.198 e. The Hall–Kier alpha value is -0.510. The predicted molar refractivity (Wildman–Crippen MR) is 38.7 cm³/mol. The minimum absolute atomic E-state index is 0.969. The smallest absolute Gasteiger partial charge is 0.0669 e. The summed E-state index contributed by atoms with van der Waals surface area (Å²) in [6, 6.07) is 2.02. The van der Waals surface area contributed by atoms with E-state index in [0.29, 0.717) is 0 Å². The van der Waals surface area contributed by atoms with Crippen molar-refractivity contribution in [1.82, 2.24) is 0 Å². The second kappa shape index (κ2) is 7.49. The molecule has 0 aliphatic rings. The van der Waals surface area contributed by atoms with Gasteiger partial charge in [0.1, 0.15) is 0 Å². The summed E-state index contributed by atoms with van der Waals surface area (Å²) in [5, 5.41) is 8.12. The van der Waals surface area contributed by atoms with E-state index in [9.17, 15) is 0 Å². The highest BCUT2D eigenvalue weighted by atomic mass is 14.2. The predicted octanol–water partition coefficient (Wildman–Crippen LogP) is 2.68. The molecule has 0 saturated carbocycles. The van der Waals surface area contributed by atoms with Crippen LogP contribution in [0.3, 0.4) is 0 Å². The minimum Gasteiger partial charge on any atom is -0.198 e. The molecule has 0 heterocycles. The van der Waals surface area contributed by atoms with Gasteiger partial charge in [0.05, 0.1) is 12.5 Å². The van der Waals surface area contributed by atoms with Gasteiger partial charge in [-0.3, -0.25) is 0 Å². The average molecular weight is 124 g/mol. The number of rotatable bonds is 5. The van der Waals surface area contributed by atoms with E-state index in [1.165, 1.54) is 25.7 Å². The molecule has 0 aliphatic carbocycles. The maximum absolute atomic E-state index is 8.12. The molecule has 0 rings (SSSR count). The van der Waals surface area contributed by atoms with Crippen LogP contribution in [-0.2, 0) is 0 Å². The third kappa shape index (κ3) is 7.49. The van der Waals surface area contributed by atoms with E-state index in [2.05, 4.69) is 6.92 Å². The highest BCUT2D eigenvalue weighted by molar-refractivity contribution is 4.90. The molecule has 0 saturated heterocycles. The third-order valence-corrected chi connectivity index (χ3v) is 1.29. The van der Waals surface area contributed by atoms with Crippen molar-refractivity contribution in [3.63, 3.8) is 0 Å². The second-order valence-corrected chi connectivity index (χ2v) is 2.18. The molecule has 0 spiro atoms. The topological polar surface area (TPSA) is 23.8 Å². The monoisotopic (exact) mass is 124 g/mol. The lowest BCUT2D eigenvalue weighted by atomic mass is 10.1. The van der Waals surface area contributed by atoms with Crippen LogP contribution in [0, 0.1) is 17.8 Å². The van der Waals surface area contributed by atoms with E-state index >= 15 is 0 Å². The summed E-state index contributed by atoms with van der Waals surface area (Å²) in [6.45, 7) is 2.19. The molecule has 1 heteroatoms. The molecule has 0 aromatic rings. The van der Waals surface area contributed by atoms with Gasteiger partial charge in [-0.15, -0.1) is 0 Å². The number of hydrogen-bond acceptors (Lipinski definition) is 1. The molecule has 0 amide bonds. The molecule has 0 atom stereocenters. The first-order chi connectivity index (χ1) is 4.41. The van der Waals surface area contributed by atoms with Crippen LogP contribution in [0.5, 0.6) is 0 Å². The van der Waals surface area contributed by atoms with Gasteiger partial charge in [0.15, 0.2) is 0 Å². The van der Waals surface area contributed by atoms with E-state index in [-0.39, 0.29) is 0 Å². The molecule has 51 valence electrons. The summed E-state index contributed by atoms with van der Waals surface area (Å²) >= 11 is 0. The van der Waals surface area contributed by atoms with E-state index in [1.54, 1.807) is 6.42 Å². The normalized spacial score (nSPS) is 8.89. The van der Waals surface area contributed by atoms with Crippen LogP contribution in [0.2, 0.25) is 0 Å². The number of nitriles is 1. The lowest BCUT2D eigenvalue weighted by Gasteiger charge is -1.92. The van der Waals surface area contributed by atoms with Crippen LogP contribution < -0.4 is 0 Å². The van der Waals surface area contributed by atoms with E-state index in [1.807, 2.05) is 6.07 Å². The number of hydrogen-bond donors (Lipinski definition) is 0. The lowest BCUT2D eigenvalue weighted by Crippen LogP contribution is -1.75. The molecule has 0 aromatic heterocycles. The van der Waals surface area contributed by atoms with Gasteiger partial charge in [-0.2, -0.15) is 5.26 Å². The summed E-state index contributed by atoms with van der Waals surface area (Å²) in [6.07, 6.45) is 7.67. The van der Waals surface area contributed by atoms with Crippen LogP contribution in [0.15, 0.2) is 0 Å². The minimum atomic E-state index is 0.969. The van der Waals surface area contributed by atoms with Crippen molar-refractivity contribution < 1.29 is 0 Å². The van der Waals surface area contributed by atoms with Crippen LogP contribution in [0.4, 0.5) is 0 Å². The fourth-order valence-corrected chi connectivity index (χ4v) is 0.738. The molecular weight excluding hydrogens is 110 g/mol. The first-order valence-electron chi connectivity index (χ1n) is 3.63. The summed E-state index contributed by atoms with van der Waals surface area (Å²) in [5.74, 6) is 0. The molecule has 0 bridgehead atoms. The maximum atomic E-state index is 8.12.